The van der Waals surface area contributed by atoms with Crippen molar-refractivity contribution in [1.29, 1.82) is 0 Å². The maximum atomic E-state index is 13.2. The number of hydrogen-bond donors (Lipinski definition) is 0. The molecule has 2 aromatic rings. The van der Waals surface area contributed by atoms with Crippen molar-refractivity contribution < 1.29 is 14.3 Å². The van der Waals surface area contributed by atoms with Gasteiger partial charge in [-0.15, -0.1) is 0 Å². The van der Waals surface area contributed by atoms with Crippen LogP contribution in [0.25, 0.3) is 0 Å². The lowest BCUT2D eigenvalue weighted by Crippen LogP contribution is -2.47. The number of aromatic nitrogens is 1. The lowest BCUT2D eigenvalue weighted by Gasteiger charge is -2.31. The first-order valence-corrected chi connectivity index (χ1v) is 10.7. The van der Waals surface area contributed by atoms with Crippen LogP contribution >= 0.6 is 0 Å². The molecule has 0 spiro atoms. The standard InChI is InChI=1S/C24H35N3O3/c1-5-20(2)27(23(28)14-13-21-10-7-6-8-11-21)19-24(29)26(16-17-30-4)18-22-12-9-15-25(22)3/h6-12,15,20H,5,13-14,16-19H2,1-4H3/t20-/m1/s1. The average molecular weight is 414 g/mol. The Hall–Kier alpha value is -2.60. The van der Waals surface area contributed by atoms with Crippen molar-refractivity contribution in [3.63, 3.8) is 0 Å². The molecule has 0 N–H and O–H groups in total. The van der Waals surface area contributed by atoms with Gasteiger partial charge in [0.1, 0.15) is 6.54 Å². The monoisotopic (exact) mass is 413 g/mol. The number of rotatable bonds is 12. The second-order valence-corrected chi connectivity index (χ2v) is 7.68. The van der Waals surface area contributed by atoms with E-state index in [9.17, 15) is 9.59 Å². The molecule has 0 aliphatic carbocycles. The number of methoxy groups -OCH3 is 1. The van der Waals surface area contributed by atoms with Gasteiger partial charge in [-0.25, -0.2) is 0 Å². The first-order valence-electron chi connectivity index (χ1n) is 10.7. The average Bonchev–Trinajstić information content (AvgIpc) is 3.17. The summed E-state index contributed by atoms with van der Waals surface area (Å²) in [6.45, 7) is 5.59. The molecule has 6 nitrogen and oxygen atoms in total. The van der Waals surface area contributed by atoms with E-state index < -0.39 is 0 Å². The van der Waals surface area contributed by atoms with Crippen LogP contribution in [0.4, 0.5) is 0 Å². The predicted octanol–water partition coefficient (Wildman–Crippen LogP) is 3.26. The molecule has 0 saturated carbocycles. The molecule has 30 heavy (non-hydrogen) atoms. The van der Waals surface area contributed by atoms with Crippen LogP contribution in [0.5, 0.6) is 0 Å². The van der Waals surface area contributed by atoms with Crippen molar-refractivity contribution in [2.75, 3.05) is 26.8 Å². The van der Waals surface area contributed by atoms with Crippen LogP contribution in [0.3, 0.4) is 0 Å². The number of ether oxygens (including phenoxy) is 1. The highest BCUT2D eigenvalue weighted by Crippen LogP contribution is 2.12. The van der Waals surface area contributed by atoms with E-state index in [1.54, 1.807) is 16.9 Å². The highest BCUT2D eigenvalue weighted by Gasteiger charge is 2.25. The van der Waals surface area contributed by atoms with Crippen molar-refractivity contribution in [2.45, 2.75) is 45.7 Å². The maximum absolute atomic E-state index is 13.2. The van der Waals surface area contributed by atoms with Crippen LogP contribution in [0.1, 0.15) is 37.9 Å². The van der Waals surface area contributed by atoms with E-state index >= 15 is 0 Å². The number of amides is 2. The van der Waals surface area contributed by atoms with Gasteiger partial charge in [-0.1, -0.05) is 37.3 Å². The summed E-state index contributed by atoms with van der Waals surface area (Å²) in [4.78, 5) is 29.7. The third kappa shape index (κ3) is 7.02. The third-order valence-corrected chi connectivity index (χ3v) is 5.54. The summed E-state index contributed by atoms with van der Waals surface area (Å²) in [5.41, 5.74) is 2.18. The van der Waals surface area contributed by atoms with Crippen molar-refractivity contribution in [2.24, 2.45) is 7.05 Å². The van der Waals surface area contributed by atoms with E-state index in [1.165, 1.54) is 0 Å². The van der Waals surface area contributed by atoms with E-state index in [1.807, 2.05) is 74.1 Å². The summed E-state index contributed by atoms with van der Waals surface area (Å²) in [5.74, 6) is -0.0336. The largest absolute Gasteiger partial charge is 0.383 e. The van der Waals surface area contributed by atoms with Gasteiger partial charge in [-0.2, -0.15) is 0 Å². The SMILES string of the molecule is CC[C@@H](C)N(CC(=O)N(CCOC)Cc1cccn1C)C(=O)CCc1ccccc1. The van der Waals surface area contributed by atoms with Crippen LogP contribution < -0.4 is 0 Å². The quantitative estimate of drug-likeness (QED) is 0.537. The number of aryl methyl sites for hydroxylation is 2. The molecule has 0 aliphatic rings. The molecule has 1 atom stereocenters. The van der Waals surface area contributed by atoms with Gasteiger partial charge in [0.05, 0.1) is 13.2 Å². The molecule has 6 heteroatoms. The zero-order valence-electron chi connectivity index (χ0n) is 18.7. The molecule has 0 aliphatic heterocycles. The fourth-order valence-electron chi connectivity index (χ4n) is 3.35. The molecule has 0 bridgehead atoms. The number of benzene rings is 1. The Labute approximate surface area is 180 Å². The fraction of sp³-hybridized carbons (Fsp3) is 0.500. The van der Waals surface area contributed by atoms with Gasteiger partial charge in [0, 0.05) is 45.1 Å². The maximum Gasteiger partial charge on any atom is 0.242 e. The second-order valence-electron chi connectivity index (χ2n) is 7.68. The second kappa shape index (κ2) is 12.2. The number of hydrogen-bond acceptors (Lipinski definition) is 3. The topological polar surface area (TPSA) is 54.8 Å². The van der Waals surface area contributed by atoms with Crippen LogP contribution in [0.2, 0.25) is 0 Å². The van der Waals surface area contributed by atoms with Crippen LogP contribution in [-0.2, 0) is 34.3 Å². The van der Waals surface area contributed by atoms with Crippen molar-refractivity contribution in [3.8, 4) is 0 Å². The summed E-state index contributed by atoms with van der Waals surface area (Å²) < 4.78 is 7.20. The third-order valence-electron chi connectivity index (χ3n) is 5.54. The number of nitrogens with zero attached hydrogens (tertiary/aromatic N) is 3. The molecule has 0 fully saturated rings. The Morgan fingerprint density at radius 3 is 2.43 bits per heavy atom. The molecular formula is C24H35N3O3. The normalized spacial score (nSPS) is 11.9. The Bertz CT molecular complexity index is 788. The number of carbonyl (C=O) groups is 2. The molecule has 0 radical (unpaired) electrons. The predicted molar refractivity (Wildman–Crippen MR) is 119 cm³/mol. The number of carbonyl (C=O) groups excluding carboxylic acids is 2. The first-order chi connectivity index (χ1) is 14.5. The summed E-state index contributed by atoms with van der Waals surface area (Å²) in [7, 11) is 3.59. The zero-order valence-corrected chi connectivity index (χ0v) is 18.7. The Morgan fingerprint density at radius 2 is 1.83 bits per heavy atom. The lowest BCUT2D eigenvalue weighted by atomic mass is 10.1. The van der Waals surface area contributed by atoms with E-state index in [0.717, 1.165) is 17.7 Å². The van der Waals surface area contributed by atoms with Gasteiger partial charge in [0.25, 0.3) is 0 Å². The van der Waals surface area contributed by atoms with Gasteiger partial charge >= 0.3 is 0 Å². The van der Waals surface area contributed by atoms with Crippen molar-refractivity contribution in [1.82, 2.24) is 14.4 Å². The molecule has 0 saturated heterocycles. The van der Waals surface area contributed by atoms with E-state index in [2.05, 4.69) is 0 Å². The summed E-state index contributed by atoms with van der Waals surface area (Å²) >= 11 is 0. The Kier molecular flexibility index (Phi) is 9.61. The Balaban J connectivity index is 2.06. The minimum Gasteiger partial charge on any atom is -0.383 e. The first kappa shape index (κ1) is 23.7. The smallest absolute Gasteiger partial charge is 0.242 e. The molecule has 1 aromatic heterocycles. The highest BCUT2D eigenvalue weighted by atomic mass is 16.5. The van der Waals surface area contributed by atoms with Crippen LogP contribution in [-0.4, -0.2) is 59.0 Å². The molecule has 2 amide bonds. The molecule has 1 heterocycles. The van der Waals surface area contributed by atoms with Crippen molar-refractivity contribution >= 4 is 11.8 Å². The van der Waals surface area contributed by atoms with Gasteiger partial charge in [-0.05, 0) is 37.5 Å². The lowest BCUT2D eigenvalue weighted by molar-refractivity contribution is -0.143. The zero-order chi connectivity index (χ0) is 21.9. The van der Waals surface area contributed by atoms with Gasteiger partial charge in [0.15, 0.2) is 0 Å². The fourth-order valence-corrected chi connectivity index (χ4v) is 3.35. The van der Waals surface area contributed by atoms with Crippen LogP contribution in [0.15, 0.2) is 48.7 Å². The van der Waals surface area contributed by atoms with Gasteiger partial charge < -0.3 is 19.1 Å². The highest BCUT2D eigenvalue weighted by molar-refractivity contribution is 5.85. The molecule has 2 rings (SSSR count). The van der Waals surface area contributed by atoms with Gasteiger partial charge in [-0.3, -0.25) is 9.59 Å². The van der Waals surface area contributed by atoms with Crippen LogP contribution in [0, 0.1) is 0 Å². The summed E-state index contributed by atoms with van der Waals surface area (Å²) in [6, 6.07) is 14.0. The Morgan fingerprint density at radius 1 is 1.10 bits per heavy atom. The molecule has 164 valence electrons. The molecular weight excluding hydrogens is 378 g/mol. The van der Waals surface area contributed by atoms with Crippen molar-refractivity contribution in [3.05, 3.63) is 59.9 Å². The minimum atomic E-state index is -0.0541. The van der Waals surface area contributed by atoms with E-state index in [0.29, 0.717) is 32.5 Å². The minimum absolute atomic E-state index is 0.0107. The molecule has 0 unspecified atom stereocenters. The van der Waals surface area contributed by atoms with Gasteiger partial charge in [0.2, 0.25) is 11.8 Å². The van der Waals surface area contributed by atoms with E-state index in [-0.39, 0.29) is 24.4 Å². The van der Waals surface area contributed by atoms with E-state index in [4.69, 9.17) is 4.74 Å². The summed E-state index contributed by atoms with van der Waals surface area (Å²) in [5, 5.41) is 0. The summed E-state index contributed by atoms with van der Waals surface area (Å²) in [6.07, 6.45) is 3.85. The molecule has 1 aromatic carbocycles.